The van der Waals surface area contributed by atoms with Gasteiger partial charge in [0.15, 0.2) is 6.10 Å². The van der Waals surface area contributed by atoms with Crippen LogP contribution in [0.3, 0.4) is 0 Å². The lowest BCUT2D eigenvalue weighted by Gasteiger charge is -2.23. The molecule has 0 N–H and O–H groups in total. The summed E-state index contributed by atoms with van der Waals surface area (Å²) in [5, 5.41) is 0. The first kappa shape index (κ1) is 25.4. The van der Waals surface area contributed by atoms with E-state index in [0.29, 0.717) is 17.2 Å². The van der Waals surface area contributed by atoms with E-state index >= 15 is 0 Å². The van der Waals surface area contributed by atoms with Crippen LogP contribution in [0.2, 0.25) is 0 Å². The molecule has 4 heteroatoms. The van der Waals surface area contributed by atoms with E-state index in [2.05, 4.69) is 34.6 Å². The van der Waals surface area contributed by atoms with Crippen molar-refractivity contribution < 1.29 is 19.0 Å². The molecule has 0 saturated carbocycles. The first-order valence-electron chi connectivity index (χ1n) is 11.8. The Morgan fingerprint density at radius 1 is 0.853 bits per heavy atom. The molecule has 0 spiro atoms. The zero-order chi connectivity index (χ0) is 24.9. The van der Waals surface area contributed by atoms with E-state index in [0.717, 1.165) is 34.8 Å². The Morgan fingerprint density at radius 2 is 1.53 bits per heavy atom. The van der Waals surface area contributed by atoms with Crippen molar-refractivity contribution in [3.63, 3.8) is 0 Å². The Kier molecular flexibility index (Phi) is 8.03. The van der Waals surface area contributed by atoms with Gasteiger partial charge in [-0.05, 0) is 78.8 Å². The molecule has 0 saturated heterocycles. The summed E-state index contributed by atoms with van der Waals surface area (Å²) in [6.45, 7) is 12.5. The summed E-state index contributed by atoms with van der Waals surface area (Å²) in [5.41, 5.74) is 2.55. The van der Waals surface area contributed by atoms with Gasteiger partial charge in [0.1, 0.15) is 23.0 Å². The van der Waals surface area contributed by atoms with Crippen LogP contribution in [-0.4, -0.2) is 19.0 Å². The van der Waals surface area contributed by atoms with Gasteiger partial charge in [-0.1, -0.05) is 52.8 Å². The number of carbonyl (C=O) groups is 1. The van der Waals surface area contributed by atoms with Crippen molar-refractivity contribution in [2.45, 2.75) is 59.5 Å². The molecule has 0 heterocycles. The minimum absolute atomic E-state index is 0.0654. The van der Waals surface area contributed by atoms with Crippen LogP contribution in [0.25, 0.3) is 0 Å². The normalized spacial score (nSPS) is 12.4. The van der Waals surface area contributed by atoms with E-state index in [4.69, 9.17) is 14.2 Å². The number of rotatable bonds is 9. The minimum Gasteiger partial charge on any atom is -0.496 e. The first-order valence-corrected chi connectivity index (χ1v) is 11.8. The Labute approximate surface area is 203 Å². The number of Topliss-reactive ketones (excluding diaryl/α,β-unsaturated/α-hetero) is 1. The number of para-hydroxylation sites is 1. The zero-order valence-corrected chi connectivity index (χ0v) is 21.3. The average Bonchev–Trinajstić information content (AvgIpc) is 2.79. The lowest BCUT2D eigenvalue weighted by atomic mass is 9.86. The summed E-state index contributed by atoms with van der Waals surface area (Å²) in [6.07, 6.45) is 0.181. The largest absolute Gasteiger partial charge is 0.496 e. The molecular formula is C30H36O4. The van der Waals surface area contributed by atoms with Crippen LogP contribution in [-0.2, 0) is 11.8 Å². The summed E-state index contributed by atoms with van der Waals surface area (Å²) in [7, 11) is 1.66. The van der Waals surface area contributed by atoms with Gasteiger partial charge < -0.3 is 14.2 Å². The zero-order valence-electron chi connectivity index (χ0n) is 21.3. The van der Waals surface area contributed by atoms with E-state index in [1.54, 1.807) is 14.0 Å². The van der Waals surface area contributed by atoms with E-state index in [9.17, 15) is 4.79 Å². The Hall–Kier alpha value is -3.27. The molecule has 0 bridgehead atoms. The Bertz CT molecular complexity index is 1110. The second kappa shape index (κ2) is 10.8. The van der Waals surface area contributed by atoms with Crippen LogP contribution in [0, 0.1) is 5.92 Å². The van der Waals surface area contributed by atoms with Gasteiger partial charge in [-0.3, -0.25) is 4.79 Å². The molecule has 0 aromatic heterocycles. The highest BCUT2D eigenvalue weighted by Crippen LogP contribution is 2.35. The van der Waals surface area contributed by atoms with Crippen molar-refractivity contribution in [2.75, 3.05) is 7.11 Å². The van der Waals surface area contributed by atoms with Crippen molar-refractivity contribution in [1.82, 2.24) is 0 Å². The van der Waals surface area contributed by atoms with Crippen molar-refractivity contribution >= 4 is 5.78 Å². The average molecular weight is 461 g/mol. The number of carbonyl (C=O) groups excluding carboxylic acids is 1. The molecule has 0 aliphatic carbocycles. The summed E-state index contributed by atoms with van der Waals surface area (Å²) in [6, 6.07) is 21.0. The summed E-state index contributed by atoms with van der Waals surface area (Å²) >= 11 is 0. The number of methoxy groups -OCH3 is 1. The van der Waals surface area contributed by atoms with Gasteiger partial charge >= 0.3 is 0 Å². The van der Waals surface area contributed by atoms with Crippen LogP contribution in [0.4, 0.5) is 0 Å². The molecule has 1 unspecified atom stereocenters. The quantitative estimate of drug-likeness (QED) is 0.308. The SMILES string of the molecule is COc1ccc(OC(C)C(=O)c2ccc(Oc3ccccc3)c(CC(C)C)c2)cc1C(C)(C)C. The fraction of sp³-hybridized carbons (Fsp3) is 0.367. The highest BCUT2D eigenvalue weighted by atomic mass is 16.5. The van der Waals surface area contributed by atoms with E-state index < -0.39 is 6.10 Å². The maximum Gasteiger partial charge on any atom is 0.203 e. The number of ether oxygens (including phenoxy) is 3. The first-order chi connectivity index (χ1) is 16.1. The van der Waals surface area contributed by atoms with Crippen LogP contribution in [0.5, 0.6) is 23.0 Å². The van der Waals surface area contributed by atoms with E-state index in [-0.39, 0.29) is 11.2 Å². The number of hydrogen-bond acceptors (Lipinski definition) is 4. The predicted octanol–water partition coefficient (Wildman–Crippen LogP) is 7.63. The van der Waals surface area contributed by atoms with E-state index in [1.807, 2.05) is 66.7 Å². The minimum atomic E-state index is -0.631. The molecule has 34 heavy (non-hydrogen) atoms. The number of ketones is 1. The third-order valence-electron chi connectivity index (χ3n) is 5.61. The summed E-state index contributed by atoms with van der Waals surface area (Å²) < 4.78 is 17.7. The number of benzene rings is 3. The molecule has 1 atom stereocenters. The molecule has 0 aliphatic heterocycles. The molecule has 3 rings (SSSR count). The van der Waals surface area contributed by atoms with Gasteiger partial charge in [-0.25, -0.2) is 0 Å². The molecule has 180 valence electrons. The van der Waals surface area contributed by atoms with Gasteiger partial charge in [0, 0.05) is 11.1 Å². The molecule has 0 amide bonds. The molecule has 3 aromatic rings. The summed E-state index contributed by atoms with van der Waals surface area (Å²) in [4.78, 5) is 13.3. The lowest BCUT2D eigenvalue weighted by Crippen LogP contribution is -2.24. The van der Waals surface area contributed by atoms with Crippen LogP contribution >= 0.6 is 0 Å². The molecular weight excluding hydrogens is 424 g/mol. The second-order valence-corrected chi connectivity index (χ2v) is 10.1. The number of hydrogen-bond donors (Lipinski definition) is 0. The lowest BCUT2D eigenvalue weighted by molar-refractivity contribution is 0.0817. The maximum atomic E-state index is 13.3. The topological polar surface area (TPSA) is 44.8 Å². The van der Waals surface area contributed by atoms with Gasteiger partial charge in [-0.15, -0.1) is 0 Å². The monoisotopic (exact) mass is 460 g/mol. The molecule has 0 aliphatic rings. The standard InChI is InChI=1S/C30H36O4/c1-20(2)17-23-18-22(13-15-27(23)34-24-11-9-8-10-12-24)29(31)21(3)33-25-14-16-28(32-7)26(19-25)30(4,5)6/h8-16,18-21H,17H2,1-7H3. The van der Waals surface area contributed by atoms with Crippen molar-refractivity contribution in [2.24, 2.45) is 5.92 Å². The van der Waals surface area contributed by atoms with E-state index in [1.165, 1.54) is 0 Å². The smallest absolute Gasteiger partial charge is 0.203 e. The third kappa shape index (κ3) is 6.40. The molecule has 3 aromatic carbocycles. The fourth-order valence-electron chi connectivity index (χ4n) is 3.89. The fourth-order valence-corrected chi connectivity index (χ4v) is 3.89. The van der Waals surface area contributed by atoms with Crippen LogP contribution < -0.4 is 14.2 Å². The highest BCUT2D eigenvalue weighted by molar-refractivity contribution is 5.99. The maximum absolute atomic E-state index is 13.3. The Morgan fingerprint density at radius 3 is 2.15 bits per heavy atom. The van der Waals surface area contributed by atoms with Crippen molar-refractivity contribution in [3.8, 4) is 23.0 Å². The van der Waals surface area contributed by atoms with Gasteiger partial charge in [0.05, 0.1) is 7.11 Å². The Balaban J connectivity index is 1.83. The highest BCUT2D eigenvalue weighted by Gasteiger charge is 2.23. The predicted molar refractivity (Wildman–Crippen MR) is 138 cm³/mol. The second-order valence-electron chi connectivity index (χ2n) is 10.1. The van der Waals surface area contributed by atoms with Crippen LogP contribution in [0.15, 0.2) is 66.7 Å². The van der Waals surface area contributed by atoms with Crippen molar-refractivity contribution in [3.05, 3.63) is 83.4 Å². The molecule has 0 radical (unpaired) electrons. The summed E-state index contributed by atoms with van der Waals surface area (Å²) in [5.74, 6) is 3.37. The third-order valence-corrected chi connectivity index (χ3v) is 5.61. The van der Waals surface area contributed by atoms with Gasteiger partial charge in [-0.2, -0.15) is 0 Å². The molecule has 0 fully saturated rings. The van der Waals surface area contributed by atoms with Crippen LogP contribution in [0.1, 0.15) is 63.0 Å². The van der Waals surface area contributed by atoms with Gasteiger partial charge in [0.2, 0.25) is 5.78 Å². The van der Waals surface area contributed by atoms with Crippen molar-refractivity contribution in [1.29, 1.82) is 0 Å². The van der Waals surface area contributed by atoms with Gasteiger partial charge in [0.25, 0.3) is 0 Å². The molecule has 4 nitrogen and oxygen atoms in total.